The number of benzene rings is 1. The van der Waals surface area contributed by atoms with Crippen molar-refractivity contribution in [2.75, 3.05) is 12.9 Å². The molecule has 4 unspecified atom stereocenters. The largest absolute Gasteiger partial charge is 0.410 e. The molecule has 1 N–H and O–H groups in total. The SMILES string of the molecule is CO/N=C1\C(=N\O)c2ccccc2C1OS(=O)(=O)CC1(C)C2CCC1(C)C(=O)C2. The first kappa shape index (κ1) is 20.0. The Morgan fingerprint density at radius 1 is 1.28 bits per heavy atom. The number of carbonyl (C=O) groups is 1. The molecule has 29 heavy (non-hydrogen) atoms. The Labute approximate surface area is 169 Å². The van der Waals surface area contributed by atoms with Crippen molar-refractivity contribution >= 4 is 27.3 Å². The molecule has 0 spiro atoms. The zero-order valence-electron chi connectivity index (χ0n) is 16.6. The van der Waals surface area contributed by atoms with Gasteiger partial charge in [-0.15, -0.1) is 0 Å². The van der Waals surface area contributed by atoms with E-state index in [2.05, 4.69) is 10.3 Å². The maximum atomic E-state index is 13.1. The highest BCUT2D eigenvalue weighted by Gasteiger charge is 2.65. The van der Waals surface area contributed by atoms with Crippen LogP contribution in [0.4, 0.5) is 0 Å². The summed E-state index contributed by atoms with van der Waals surface area (Å²) in [7, 11) is -2.73. The second-order valence-corrected chi connectivity index (χ2v) is 10.1. The van der Waals surface area contributed by atoms with E-state index < -0.39 is 27.1 Å². The smallest absolute Gasteiger partial charge is 0.268 e. The second-order valence-electron chi connectivity index (χ2n) is 8.49. The molecule has 156 valence electrons. The van der Waals surface area contributed by atoms with Gasteiger partial charge < -0.3 is 10.0 Å². The van der Waals surface area contributed by atoms with Gasteiger partial charge in [-0.2, -0.15) is 8.42 Å². The summed E-state index contributed by atoms with van der Waals surface area (Å²) in [6.45, 7) is 3.75. The van der Waals surface area contributed by atoms with Crippen LogP contribution >= 0.6 is 0 Å². The lowest BCUT2D eigenvalue weighted by Gasteiger charge is -2.36. The summed E-state index contributed by atoms with van der Waals surface area (Å²) in [5, 5.41) is 16.6. The number of hydrogen-bond acceptors (Lipinski definition) is 8. The molecule has 1 aromatic carbocycles. The van der Waals surface area contributed by atoms with Crippen molar-refractivity contribution in [2.45, 2.75) is 39.2 Å². The Kier molecular flexibility index (Phi) is 4.58. The van der Waals surface area contributed by atoms with Gasteiger partial charge in [0.1, 0.15) is 24.3 Å². The zero-order valence-corrected chi connectivity index (χ0v) is 17.4. The number of fused-ring (bicyclic) bond motifs is 3. The molecule has 2 saturated carbocycles. The lowest BCUT2D eigenvalue weighted by molar-refractivity contribution is -0.128. The van der Waals surface area contributed by atoms with Gasteiger partial charge in [0.05, 0.1) is 5.75 Å². The minimum Gasteiger partial charge on any atom is -0.410 e. The number of ketones is 1. The Morgan fingerprint density at radius 2 is 2.00 bits per heavy atom. The average molecular weight is 420 g/mol. The number of carbonyl (C=O) groups excluding carboxylic acids is 1. The molecule has 3 aliphatic rings. The van der Waals surface area contributed by atoms with Crippen molar-refractivity contribution in [2.24, 2.45) is 27.1 Å². The van der Waals surface area contributed by atoms with Crippen LogP contribution in [0.25, 0.3) is 0 Å². The molecule has 8 nitrogen and oxygen atoms in total. The van der Waals surface area contributed by atoms with Crippen LogP contribution in [0.15, 0.2) is 34.6 Å². The van der Waals surface area contributed by atoms with Crippen LogP contribution in [0.5, 0.6) is 0 Å². The summed E-state index contributed by atoms with van der Waals surface area (Å²) >= 11 is 0. The molecular formula is C20H24N2O6S. The Bertz CT molecular complexity index is 1030. The summed E-state index contributed by atoms with van der Waals surface area (Å²) in [4.78, 5) is 17.3. The Balaban J connectivity index is 1.68. The predicted octanol–water partition coefficient (Wildman–Crippen LogP) is 2.66. The molecular weight excluding hydrogens is 396 g/mol. The Morgan fingerprint density at radius 3 is 2.59 bits per heavy atom. The van der Waals surface area contributed by atoms with Crippen molar-refractivity contribution in [1.29, 1.82) is 0 Å². The summed E-state index contributed by atoms with van der Waals surface area (Å²) < 4.78 is 31.9. The van der Waals surface area contributed by atoms with Crippen LogP contribution in [0.3, 0.4) is 0 Å². The zero-order chi connectivity index (χ0) is 21.0. The normalized spacial score (nSPS) is 36.2. The third-order valence-corrected chi connectivity index (χ3v) is 8.64. The summed E-state index contributed by atoms with van der Waals surface area (Å²) in [5.41, 5.74) is -0.0728. The van der Waals surface area contributed by atoms with Crippen molar-refractivity contribution < 1.29 is 27.4 Å². The molecule has 0 aliphatic heterocycles. The Hall–Kier alpha value is -2.26. The second kappa shape index (κ2) is 6.63. The maximum Gasteiger partial charge on any atom is 0.268 e. The van der Waals surface area contributed by atoms with Gasteiger partial charge in [-0.05, 0) is 29.7 Å². The fourth-order valence-electron chi connectivity index (χ4n) is 5.32. The van der Waals surface area contributed by atoms with Gasteiger partial charge >= 0.3 is 0 Å². The monoisotopic (exact) mass is 420 g/mol. The van der Waals surface area contributed by atoms with Gasteiger partial charge in [0, 0.05) is 17.4 Å². The van der Waals surface area contributed by atoms with Crippen LogP contribution in [0, 0.1) is 16.7 Å². The van der Waals surface area contributed by atoms with E-state index in [-0.39, 0.29) is 28.9 Å². The van der Waals surface area contributed by atoms with E-state index in [1.807, 2.05) is 13.8 Å². The lowest BCUT2D eigenvalue weighted by atomic mass is 9.70. The maximum absolute atomic E-state index is 13.1. The third-order valence-electron chi connectivity index (χ3n) is 7.20. The number of rotatable bonds is 5. The van der Waals surface area contributed by atoms with E-state index in [0.29, 0.717) is 24.0 Å². The minimum atomic E-state index is -4.05. The van der Waals surface area contributed by atoms with Gasteiger partial charge in [-0.25, -0.2) is 0 Å². The quantitative estimate of drug-likeness (QED) is 0.445. The fraction of sp³-hybridized carbons (Fsp3) is 0.550. The predicted molar refractivity (Wildman–Crippen MR) is 105 cm³/mol. The molecule has 4 atom stereocenters. The fourth-order valence-corrected chi connectivity index (χ4v) is 7.16. The van der Waals surface area contributed by atoms with E-state index in [4.69, 9.17) is 9.02 Å². The van der Waals surface area contributed by atoms with E-state index in [1.54, 1.807) is 24.3 Å². The van der Waals surface area contributed by atoms with Crippen molar-refractivity contribution in [1.82, 2.24) is 0 Å². The first-order chi connectivity index (χ1) is 13.7. The first-order valence-corrected chi connectivity index (χ1v) is 11.1. The van der Waals surface area contributed by atoms with Gasteiger partial charge in [0.15, 0.2) is 6.10 Å². The standard InChI is InChI=1S/C20H24N2O6S/c1-19-9-8-12(10-15(19)23)20(19,2)11-29(25,26)28-18-14-7-5-4-6-13(14)16(21-24)17(18)22-27-3/h4-7,12,18,24H,8-11H2,1-3H3/b21-16+,22-17+. The molecule has 0 saturated heterocycles. The molecule has 2 fully saturated rings. The van der Waals surface area contributed by atoms with E-state index >= 15 is 0 Å². The molecule has 3 aliphatic carbocycles. The van der Waals surface area contributed by atoms with E-state index in [9.17, 15) is 18.4 Å². The first-order valence-electron chi connectivity index (χ1n) is 9.54. The van der Waals surface area contributed by atoms with Gasteiger partial charge in [-0.1, -0.05) is 48.4 Å². The summed E-state index contributed by atoms with van der Waals surface area (Å²) in [5.74, 6) is -0.0813. The number of hydrogen-bond donors (Lipinski definition) is 1. The molecule has 0 radical (unpaired) electrons. The van der Waals surface area contributed by atoms with Crippen LogP contribution in [-0.2, 0) is 23.9 Å². The average Bonchev–Trinajstić information content (AvgIpc) is 3.15. The highest BCUT2D eigenvalue weighted by Crippen LogP contribution is 2.64. The van der Waals surface area contributed by atoms with Crippen LogP contribution in [0.1, 0.15) is 50.3 Å². The molecule has 4 rings (SSSR count). The lowest BCUT2D eigenvalue weighted by Crippen LogP contribution is -2.41. The molecule has 0 aromatic heterocycles. The number of oxime groups is 2. The number of Topliss-reactive ketones (excluding diaryl/α,β-unsaturated/α-hetero) is 1. The van der Waals surface area contributed by atoms with Gasteiger partial charge in [0.2, 0.25) is 0 Å². The molecule has 1 aromatic rings. The van der Waals surface area contributed by atoms with Crippen LogP contribution < -0.4 is 0 Å². The molecule has 9 heteroatoms. The summed E-state index contributed by atoms with van der Waals surface area (Å²) in [6.07, 6.45) is 0.894. The molecule has 0 amide bonds. The van der Waals surface area contributed by atoms with Crippen LogP contribution in [0.2, 0.25) is 0 Å². The third kappa shape index (κ3) is 2.82. The summed E-state index contributed by atoms with van der Waals surface area (Å²) in [6, 6.07) is 6.88. The van der Waals surface area contributed by atoms with Crippen molar-refractivity contribution in [3.05, 3.63) is 35.4 Å². The van der Waals surface area contributed by atoms with Crippen molar-refractivity contribution in [3.8, 4) is 0 Å². The number of nitrogens with zero attached hydrogens (tertiary/aromatic N) is 2. The van der Waals surface area contributed by atoms with Gasteiger partial charge in [0.25, 0.3) is 10.1 Å². The topological polar surface area (TPSA) is 115 Å². The van der Waals surface area contributed by atoms with Crippen molar-refractivity contribution in [3.63, 3.8) is 0 Å². The highest BCUT2D eigenvalue weighted by molar-refractivity contribution is 7.86. The highest BCUT2D eigenvalue weighted by atomic mass is 32.2. The van der Waals surface area contributed by atoms with Crippen LogP contribution in [-0.4, -0.2) is 43.7 Å². The van der Waals surface area contributed by atoms with E-state index in [0.717, 1.165) is 6.42 Å². The van der Waals surface area contributed by atoms with E-state index in [1.165, 1.54) is 7.11 Å². The molecule has 0 heterocycles. The minimum absolute atomic E-state index is 0.0379. The molecule has 2 bridgehead atoms. The van der Waals surface area contributed by atoms with Gasteiger partial charge in [-0.3, -0.25) is 8.98 Å².